The smallest absolute Gasteiger partial charge is 0.303 e. The van der Waals surface area contributed by atoms with E-state index in [1.165, 1.54) is 16.3 Å². The molecule has 0 radical (unpaired) electrons. The summed E-state index contributed by atoms with van der Waals surface area (Å²) >= 11 is 6.65. The van der Waals surface area contributed by atoms with Gasteiger partial charge in [0.25, 0.3) is 11.5 Å². The van der Waals surface area contributed by atoms with Gasteiger partial charge in [-0.3, -0.25) is 23.9 Å². The molecule has 0 atom stereocenters. The minimum Gasteiger partial charge on any atom is -0.481 e. The average Bonchev–Trinajstić information content (AvgIpc) is 3.05. The summed E-state index contributed by atoms with van der Waals surface area (Å²) in [5.41, 5.74) is 0.962. The van der Waals surface area contributed by atoms with Crippen LogP contribution in [0.2, 0.25) is 0 Å². The number of anilines is 1. The molecule has 11 heteroatoms. The number of pyridine rings is 1. The summed E-state index contributed by atoms with van der Waals surface area (Å²) in [6.07, 6.45) is 3.79. The third-order valence-electron chi connectivity index (χ3n) is 6.19. The Morgan fingerprint density at radius 3 is 2.47 bits per heavy atom. The molecular weight excluding hydrogens is 474 g/mol. The van der Waals surface area contributed by atoms with Crippen LogP contribution in [0.5, 0.6) is 0 Å². The lowest BCUT2D eigenvalue weighted by molar-refractivity contribution is -0.137. The van der Waals surface area contributed by atoms with Crippen LogP contribution < -0.4 is 10.5 Å². The van der Waals surface area contributed by atoms with Gasteiger partial charge in [0.2, 0.25) is 0 Å². The van der Waals surface area contributed by atoms with Crippen molar-refractivity contribution in [2.45, 2.75) is 32.6 Å². The highest BCUT2D eigenvalue weighted by Crippen LogP contribution is 2.36. The van der Waals surface area contributed by atoms with Gasteiger partial charge in [-0.15, -0.1) is 0 Å². The number of unbranched alkanes of at least 4 members (excludes halogenated alkanes) is 2. The van der Waals surface area contributed by atoms with E-state index in [0.717, 1.165) is 26.2 Å². The molecule has 0 aliphatic carbocycles. The minimum atomic E-state index is -0.825. The van der Waals surface area contributed by atoms with Crippen LogP contribution in [0.25, 0.3) is 6.08 Å². The SMILES string of the molecule is Cc1c(/C=C2/SC(=S)N(CCCCCC(=O)O)C2=O)c(N2CCN(C)CC2)n(C)c(=O)c1C#N. The van der Waals surface area contributed by atoms with Gasteiger partial charge in [0.05, 0.1) is 4.91 Å². The van der Waals surface area contributed by atoms with Crippen molar-refractivity contribution in [2.75, 3.05) is 44.7 Å². The first-order chi connectivity index (χ1) is 16.1. The highest BCUT2D eigenvalue weighted by molar-refractivity contribution is 8.26. The van der Waals surface area contributed by atoms with Crippen LogP contribution in [0.3, 0.4) is 0 Å². The van der Waals surface area contributed by atoms with Crippen molar-refractivity contribution in [3.63, 3.8) is 0 Å². The third-order valence-corrected chi connectivity index (χ3v) is 7.57. The summed E-state index contributed by atoms with van der Waals surface area (Å²) in [4.78, 5) is 43.0. The molecule has 34 heavy (non-hydrogen) atoms. The van der Waals surface area contributed by atoms with Gasteiger partial charge in [0.1, 0.15) is 21.8 Å². The van der Waals surface area contributed by atoms with E-state index in [-0.39, 0.29) is 23.5 Å². The standard InChI is InChI=1S/C23H29N5O4S2/c1-15-16(13-18-22(32)28(23(33)34-18)8-6-4-5-7-19(29)30)20(26(3)21(31)17(15)14-24)27-11-9-25(2)10-12-27/h13H,4-12H2,1-3H3,(H,29,30)/b18-13+. The van der Waals surface area contributed by atoms with Gasteiger partial charge in [-0.05, 0) is 38.5 Å². The number of rotatable bonds is 8. The fourth-order valence-corrected chi connectivity index (χ4v) is 5.45. The van der Waals surface area contributed by atoms with Crippen LogP contribution in [-0.2, 0) is 16.6 Å². The number of likely N-dealkylation sites (N-methyl/N-ethyl adjacent to an activating group) is 1. The zero-order valence-electron chi connectivity index (χ0n) is 19.7. The largest absolute Gasteiger partial charge is 0.481 e. The number of piperazine rings is 1. The van der Waals surface area contributed by atoms with Crippen LogP contribution in [0.15, 0.2) is 9.70 Å². The van der Waals surface area contributed by atoms with Gasteiger partial charge in [-0.25, -0.2) is 0 Å². The van der Waals surface area contributed by atoms with E-state index in [2.05, 4.69) is 9.80 Å². The molecule has 182 valence electrons. The fraction of sp³-hybridized carbons (Fsp3) is 0.522. The first-order valence-corrected chi connectivity index (χ1v) is 12.4. The van der Waals surface area contributed by atoms with Gasteiger partial charge in [-0.2, -0.15) is 5.26 Å². The zero-order valence-corrected chi connectivity index (χ0v) is 21.3. The molecule has 1 N–H and O–H groups in total. The predicted octanol–water partition coefficient (Wildman–Crippen LogP) is 2.16. The van der Waals surface area contributed by atoms with E-state index >= 15 is 0 Å². The van der Waals surface area contributed by atoms with Crippen LogP contribution in [-0.4, -0.2) is 75.4 Å². The number of carboxylic acids is 1. The monoisotopic (exact) mass is 503 g/mol. The average molecular weight is 504 g/mol. The fourth-order valence-electron chi connectivity index (χ4n) is 4.16. The Labute approximate surface area is 208 Å². The molecular formula is C23H29N5O4S2. The van der Waals surface area contributed by atoms with Crippen molar-refractivity contribution in [1.82, 2.24) is 14.4 Å². The predicted molar refractivity (Wildman–Crippen MR) is 137 cm³/mol. The normalized spacial score (nSPS) is 18.1. The molecule has 2 aliphatic rings. The molecule has 1 amide bonds. The van der Waals surface area contributed by atoms with E-state index in [1.807, 2.05) is 13.1 Å². The molecule has 0 bridgehead atoms. The number of thioether (sulfide) groups is 1. The summed E-state index contributed by atoms with van der Waals surface area (Å²) in [5.74, 6) is -0.327. The Morgan fingerprint density at radius 2 is 1.85 bits per heavy atom. The number of hydrogen-bond donors (Lipinski definition) is 1. The summed E-state index contributed by atoms with van der Waals surface area (Å²) in [6, 6.07) is 2.02. The highest BCUT2D eigenvalue weighted by Gasteiger charge is 2.33. The molecule has 0 spiro atoms. The van der Waals surface area contributed by atoms with Crippen molar-refractivity contribution in [3.05, 3.63) is 31.9 Å². The van der Waals surface area contributed by atoms with Gasteiger partial charge in [0.15, 0.2) is 0 Å². The second kappa shape index (κ2) is 11.2. The van der Waals surface area contributed by atoms with Crippen molar-refractivity contribution in [2.24, 2.45) is 7.05 Å². The molecule has 2 aliphatic heterocycles. The number of aliphatic carboxylic acids is 1. The summed E-state index contributed by atoms with van der Waals surface area (Å²) < 4.78 is 1.96. The van der Waals surface area contributed by atoms with Crippen molar-refractivity contribution < 1.29 is 14.7 Å². The number of carbonyl (C=O) groups is 2. The van der Waals surface area contributed by atoms with Gasteiger partial charge in [0, 0.05) is 51.8 Å². The number of nitriles is 1. The third kappa shape index (κ3) is 5.51. The van der Waals surface area contributed by atoms with Crippen LogP contribution >= 0.6 is 24.0 Å². The van der Waals surface area contributed by atoms with Crippen LogP contribution in [0.4, 0.5) is 5.82 Å². The molecule has 2 fully saturated rings. The maximum absolute atomic E-state index is 13.1. The lowest BCUT2D eigenvalue weighted by Crippen LogP contribution is -2.46. The Morgan fingerprint density at radius 1 is 1.18 bits per heavy atom. The number of hydrogen-bond acceptors (Lipinski definition) is 8. The number of amides is 1. The van der Waals surface area contributed by atoms with E-state index in [0.29, 0.717) is 52.0 Å². The quantitative estimate of drug-likeness (QED) is 0.324. The molecule has 9 nitrogen and oxygen atoms in total. The molecule has 0 saturated carbocycles. The maximum Gasteiger partial charge on any atom is 0.303 e. The van der Waals surface area contributed by atoms with Crippen LogP contribution in [0, 0.1) is 18.3 Å². The topological polar surface area (TPSA) is 110 Å². The van der Waals surface area contributed by atoms with Crippen molar-refractivity contribution >= 4 is 52.1 Å². The van der Waals surface area contributed by atoms with Crippen molar-refractivity contribution in [1.29, 1.82) is 5.26 Å². The molecule has 1 aromatic heterocycles. The van der Waals surface area contributed by atoms with Gasteiger partial charge < -0.3 is 14.9 Å². The number of carboxylic acid groups (broad SMARTS) is 1. The molecule has 1 aromatic rings. The lowest BCUT2D eigenvalue weighted by atomic mass is 10.0. The van der Waals surface area contributed by atoms with Crippen LogP contribution in [0.1, 0.15) is 42.4 Å². The summed E-state index contributed by atoms with van der Waals surface area (Å²) in [5, 5.41) is 18.4. The first-order valence-electron chi connectivity index (χ1n) is 11.2. The van der Waals surface area contributed by atoms with E-state index in [1.54, 1.807) is 24.9 Å². The number of aromatic nitrogens is 1. The lowest BCUT2D eigenvalue weighted by Gasteiger charge is -2.36. The minimum absolute atomic E-state index is 0.0699. The van der Waals surface area contributed by atoms with E-state index < -0.39 is 5.97 Å². The molecule has 0 aromatic carbocycles. The molecule has 3 rings (SSSR count). The Kier molecular flexibility index (Phi) is 8.52. The number of carbonyl (C=O) groups excluding carboxylic acids is 1. The zero-order chi connectivity index (χ0) is 25.0. The van der Waals surface area contributed by atoms with Gasteiger partial charge >= 0.3 is 5.97 Å². The highest BCUT2D eigenvalue weighted by atomic mass is 32.2. The first kappa shape index (κ1) is 25.9. The summed E-state index contributed by atoms with van der Waals surface area (Å²) in [7, 11) is 3.71. The molecule has 0 unspecified atom stereocenters. The number of nitrogens with zero attached hydrogens (tertiary/aromatic N) is 5. The second-order valence-corrected chi connectivity index (χ2v) is 10.2. The number of thiocarbonyl (C=S) groups is 1. The molecule has 3 heterocycles. The molecule has 2 saturated heterocycles. The maximum atomic E-state index is 13.1. The van der Waals surface area contributed by atoms with E-state index in [9.17, 15) is 19.6 Å². The second-order valence-electron chi connectivity index (χ2n) is 8.54. The Bertz CT molecular complexity index is 1130. The van der Waals surface area contributed by atoms with Gasteiger partial charge in [-0.1, -0.05) is 30.4 Å². The Hall–Kier alpha value is -2.68. The Balaban J connectivity index is 1.92. The van der Waals surface area contributed by atoms with Crippen molar-refractivity contribution in [3.8, 4) is 6.07 Å². The summed E-state index contributed by atoms with van der Waals surface area (Å²) in [6.45, 7) is 5.32. The van der Waals surface area contributed by atoms with E-state index in [4.69, 9.17) is 17.3 Å².